The molecule has 0 spiro atoms. The Morgan fingerprint density at radius 3 is 2.32 bits per heavy atom. The number of halogens is 1. The van der Waals surface area contributed by atoms with E-state index in [1.807, 2.05) is 7.05 Å². The molecule has 0 radical (unpaired) electrons. The highest BCUT2D eigenvalue weighted by Gasteiger charge is 2.21. The minimum Gasteiger partial charge on any atom is -0.371 e. The smallest absolute Gasteiger partial charge is 0.191 e. The largest absolute Gasteiger partial charge is 0.371 e. The highest BCUT2D eigenvalue weighted by Crippen LogP contribution is 2.20. The van der Waals surface area contributed by atoms with Crippen molar-refractivity contribution in [2.45, 2.75) is 45.1 Å². The lowest BCUT2D eigenvalue weighted by Gasteiger charge is -2.34. The van der Waals surface area contributed by atoms with Gasteiger partial charge in [0, 0.05) is 38.4 Å². The molecule has 28 heavy (non-hydrogen) atoms. The molecule has 0 aliphatic carbocycles. The van der Waals surface area contributed by atoms with Gasteiger partial charge in [0.15, 0.2) is 5.96 Å². The summed E-state index contributed by atoms with van der Waals surface area (Å²) in [5, 5.41) is 7.18. The van der Waals surface area contributed by atoms with E-state index < -0.39 is 0 Å². The van der Waals surface area contributed by atoms with Crippen LogP contribution < -0.4 is 15.5 Å². The van der Waals surface area contributed by atoms with Crippen LogP contribution >= 0.6 is 24.0 Å². The van der Waals surface area contributed by atoms with Crippen LogP contribution in [0.25, 0.3) is 0 Å². The predicted octanol–water partition coefficient (Wildman–Crippen LogP) is 3.56. The van der Waals surface area contributed by atoms with Crippen LogP contribution in [0.3, 0.4) is 0 Å². The van der Waals surface area contributed by atoms with Crippen molar-refractivity contribution in [2.24, 2.45) is 10.9 Å². The second kappa shape index (κ2) is 12.5. The molecule has 0 atom stereocenters. The quantitative estimate of drug-likeness (QED) is 0.357. The molecule has 0 aromatic heterocycles. The van der Waals surface area contributed by atoms with Crippen molar-refractivity contribution in [1.82, 2.24) is 15.5 Å². The zero-order valence-electron chi connectivity index (χ0n) is 17.6. The number of hydrogen-bond acceptors (Lipinski definition) is 3. The van der Waals surface area contributed by atoms with Gasteiger partial charge in [0.05, 0.1) is 0 Å². The fraction of sp³-hybridized carbons (Fsp3) is 0.682. The molecule has 5 nitrogen and oxygen atoms in total. The van der Waals surface area contributed by atoms with E-state index in [0.29, 0.717) is 6.04 Å². The Balaban J connectivity index is 0.00000280. The molecular formula is C22H38IN5. The molecule has 1 aromatic rings. The van der Waals surface area contributed by atoms with Gasteiger partial charge in [0.25, 0.3) is 0 Å². The SMILES string of the molecule is CCN1CCC(CCNC(=NC)NC2CCN(c3ccccc3)CC2)CC1.I. The summed E-state index contributed by atoms with van der Waals surface area (Å²) in [7, 11) is 1.88. The summed E-state index contributed by atoms with van der Waals surface area (Å²) < 4.78 is 0. The third-order valence-corrected chi connectivity index (χ3v) is 6.18. The van der Waals surface area contributed by atoms with E-state index in [4.69, 9.17) is 0 Å². The number of benzene rings is 1. The van der Waals surface area contributed by atoms with Gasteiger partial charge in [0.1, 0.15) is 0 Å². The van der Waals surface area contributed by atoms with Crippen LogP contribution in [0, 0.1) is 5.92 Å². The van der Waals surface area contributed by atoms with Crippen LogP contribution in [0.4, 0.5) is 5.69 Å². The number of piperidine rings is 2. The molecule has 0 unspecified atom stereocenters. The average Bonchev–Trinajstić information content (AvgIpc) is 2.74. The summed E-state index contributed by atoms with van der Waals surface area (Å²) in [6, 6.07) is 11.3. The van der Waals surface area contributed by atoms with E-state index in [9.17, 15) is 0 Å². The van der Waals surface area contributed by atoms with Crippen molar-refractivity contribution < 1.29 is 0 Å². The monoisotopic (exact) mass is 499 g/mol. The molecule has 2 fully saturated rings. The molecule has 2 aliphatic heterocycles. The first-order valence-corrected chi connectivity index (χ1v) is 10.8. The van der Waals surface area contributed by atoms with Crippen molar-refractivity contribution in [3.8, 4) is 0 Å². The predicted molar refractivity (Wildman–Crippen MR) is 131 cm³/mol. The zero-order chi connectivity index (χ0) is 18.9. The van der Waals surface area contributed by atoms with Gasteiger partial charge < -0.3 is 20.4 Å². The van der Waals surface area contributed by atoms with Gasteiger partial charge in [-0.25, -0.2) is 0 Å². The molecule has 1 aromatic carbocycles. The summed E-state index contributed by atoms with van der Waals surface area (Å²) in [6.07, 6.45) is 6.26. The number of nitrogens with one attached hydrogen (secondary N) is 2. The van der Waals surface area contributed by atoms with E-state index in [1.54, 1.807) is 0 Å². The number of guanidine groups is 1. The Bertz CT molecular complexity index is 564. The summed E-state index contributed by atoms with van der Waals surface area (Å²) in [5.41, 5.74) is 1.34. The summed E-state index contributed by atoms with van der Waals surface area (Å²) in [5.74, 6) is 1.84. The Morgan fingerprint density at radius 1 is 1.04 bits per heavy atom. The Morgan fingerprint density at radius 2 is 1.71 bits per heavy atom. The van der Waals surface area contributed by atoms with E-state index >= 15 is 0 Å². The van der Waals surface area contributed by atoms with Crippen molar-refractivity contribution in [3.63, 3.8) is 0 Å². The molecule has 0 bridgehead atoms. The molecule has 3 rings (SSSR count). The number of hydrogen-bond donors (Lipinski definition) is 2. The molecule has 0 amide bonds. The molecular weight excluding hydrogens is 461 g/mol. The lowest BCUT2D eigenvalue weighted by molar-refractivity contribution is 0.187. The number of likely N-dealkylation sites (tertiary alicyclic amines) is 1. The van der Waals surface area contributed by atoms with Gasteiger partial charge in [-0.2, -0.15) is 0 Å². The van der Waals surface area contributed by atoms with Gasteiger partial charge in [-0.3, -0.25) is 4.99 Å². The first-order chi connectivity index (χ1) is 13.3. The summed E-state index contributed by atoms with van der Waals surface area (Å²) in [6.45, 7) is 9.25. The number of nitrogens with zero attached hydrogens (tertiary/aromatic N) is 3. The third-order valence-electron chi connectivity index (χ3n) is 6.18. The first-order valence-electron chi connectivity index (χ1n) is 10.8. The molecule has 2 N–H and O–H groups in total. The van der Waals surface area contributed by atoms with Crippen LogP contribution in [-0.4, -0.2) is 63.2 Å². The zero-order valence-corrected chi connectivity index (χ0v) is 19.9. The topological polar surface area (TPSA) is 42.9 Å². The van der Waals surface area contributed by atoms with E-state index in [0.717, 1.165) is 44.4 Å². The van der Waals surface area contributed by atoms with Crippen LogP contribution in [0.1, 0.15) is 39.0 Å². The number of aliphatic imine (C=N–C) groups is 1. The van der Waals surface area contributed by atoms with Crippen molar-refractivity contribution in [3.05, 3.63) is 30.3 Å². The standard InChI is InChI=1S/C22H37N5.HI/c1-3-26-15-10-19(11-16-26)9-14-24-22(23-2)25-20-12-17-27(18-13-20)21-7-5-4-6-8-21;/h4-8,19-20H,3,9-18H2,1-2H3,(H2,23,24,25);1H. The molecule has 2 heterocycles. The fourth-order valence-corrected chi connectivity index (χ4v) is 4.29. The summed E-state index contributed by atoms with van der Waals surface area (Å²) >= 11 is 0. The minimum atomic E-state index is 0. The van der Waals surface area contributed by atoms with Crippen molar-refractivity contribution >= 4 is 35.6 Å². The number of anilines is 1. The average molecular weight is 499 g/mol. The third kappa shape index (κ3) is 7.10. The molecule has 158 valence electrons. The van der Waals surface area contributed by atoms with Gasteiger partial charge in [0.2, 0.25) is 0 Å². The van der Waals surface area contributed by atoms with E-state index in [-0.39, 0.29) is 24.0 Å². The lowest BCUT2D eigenvalue weighted by Crippen LogP contribution is -2.49. The number of rotatable bonds is 6. The van der Waals surface area contributed by atoms with Crippen molar-refractivity contribution in [2.75, 3.05) is 51.2 Å². The maximum atomic E-state index is 4.44. The Kier molecular flexibility index (Phi) is 10.4. The maximum absolute atomic E-state index is 4.44. The lowest BCUT2D eigenvalue weighted by atomic mass is 9.93. The maximum Gasteiger partial charge on any atom is 0.191 e. The Hall–Kier alpha value is -1.02. The molecule has 2 saturated heterocycles. The number of para-hydroxylation sites is 1. The van der Waals surface area contributed by atoms with Crippen LogP contribution in [0.15, 0.2) is 35.3 Å². The highest BCUT2D eigenvalue weighted by molar-refractivity contribution is 14.0. The van der Waals surface area contributed by atoms with Crippen LogP contribution in [0.5, 0.6) is 0 Å². The summed E-state index contributed by atoms with van der Waals surface area (Å²) in [4.78, 5) is 9.48. The molecule has 2 aliphatic rings. The highest BCUT2D eigenvalue weighted by atomic mass is 127. The first kappa shape index (κ1) is 23.3. The van der Waals surface area contributed by atoms with Crippen LogP contribution in [-0.2, 0) is 0 Å². The fourth-order valence-electron chi connectivity index (χ4n) is 4.29. The van der Waals surface area contributed by atoms with Crippen molar-refractivity contribution in [1.29, 1.82) is 0 Å². The van der Waals surface area contributed by atoms with Gasteiger partial charge in [-0.15, -0.1) is 24.0 Å². The van der Waals surface area contributed by atoms with Crippen LogP contribution in [0.2, 0.25) is 0 Å². The molecule has 6 heteroatoms. The second-order valence-corrected chi connectivity index (χ2v) is 7.91. The van der Waals surface area contributed by atoms with E-state index in [2.05, 4.69) is 62.7 Å². The molecule has 0 saturated carbocycles. The van der Waals surface area contributed by atoms with Gasteiger partial charge in [-0.05, 0) is 69.8 Å². The van der Waals surface area contributed by atoms with E-state index in [1.165, 1.54) is 44.6 Å². The van der Waals surface area contributed by atoms with Gasteiger partial charge >= 0.3 is 0 Å². The van der Waals surface area contributed by atoms with Gasteiger partial charge in [-0.1, -0.05) is 25.1 Å². The Labute approximate surface area is 188 Å². The minimum absolute atomic E-state index is 0. The normalized spacial score (nSPS) is 19.9. The second-order valence-electron chi connectivity index (χ2n) is 7.91.